The standard InChI is InChI=1S/C14H13N5/c1-10-7-8-19(18-10)13-9-12(15)16-14(17-13)11-5-3-2-4-6-11/h2-9H,1H3,(H2,15,16,17). The molecule has 0 fully saturated rings. The zero-order valence-electron chi connectivity index (χ0n) is 10.5. The molecule has 3 aromatic rings. The van der Waals surface area contributed by atoms with Crippen LogP contribution >= 0.6 is 0 Å². The highest BCUT2D eigenvalue weighted by atomic mass is 15.3. The van der Waals surface area contributed by atoms with E-state index in [0.717, 1.165) is 11.3 Å². The first kappa shape index (κ1) is 11.4. The molecule has 19 heavy (non-hydrogen) atoms. The molecule has 0 bridgehead atoms. The molecule has 0 unspecified atom stereocenters. The van der Waals surface area contributed by atoms with Gasteiger partial charge in [-0.1, -0.05) is 30.3 Å². The van der Waals surface area contributed by atoms with E-state index in [-0.39, 0.29) is 0 Å². The molecule has 0 amide bonds. The van der Waals surface area contributed by atoms with Gasteiger partial charge in [0.05, 0.1) is 5.69 Å². The first-order valence-corrected chi connectivity index (χ1v) is 5.95. The van der Waals surface area contributed by atoms with Gasteiger partial charge in [-0.15, -0.1) is 0 Å². The molecule has 0 aliphatic heterocycles. The van der Waals surface area contributed by atoms with Crippen LogP contribution in [0.25, 0.3) is 17.2 Å². The number of hydrogen-bond acceptors (Lipinski definition) is 4. The maximum absolute atomic E-state index is 5.85. The Kier molecular flexibility index (Phi) is 2.72. The minimum Gasteiger partial charge on any atom is -0.384 e. The molecule has 3 rings (SSSR count). The van der Waals surface area contributed by atoms with E-state index in [1.54, 1.807) is 10.7 Å². The highest BCUT2D eigenvalue weighted by Gasteiger charge is 2.07. The van der Waals surface area contributed by atoms with E-state index in [9.17, 15) is 0 Å². The van der Waals surface area contributed by atoms with Gasteiger partial charge in [-0.2, -0.15) is 5.10 Å². The summed E-state index contributed by atoms with van der Waals surface area (Å²) in [6.45, 7) is 1.93. The molecule has 5 heteroatoms. The summed E-state index contributed by atoms with van der Waals surface area (Å²) >= 11 is 0. The van der Waals surface area contributed by atoms with Crippen molar-refractivity contribution in [2.45, 2.75) is 6.92 Å². The average Bonchev–Trinajstić information content (AvgIpc) is 2.86. The lowest BCUT2D eigenvalue weighted by atomic mass is 10.2. The molecule has 1 aromatic carbocycles. The van der Waals surface area contributed by atoms with Gasteiger partial charge in [0.15, 0.2) is 11.6 Å². The Morgan fingerprint density at radius 2 is 1.84 bits per heavy atom. The lowest BCUT2D eigenvalue weighted by Crippen LogP contribution is -2.04. The van der Waals surface area contributed by atoms with Crippen LogP contribution in [-0.4, -0.2) is 19.7 Å². The fourth-order valence-corrected chi connectivity index (χ4v) is 1.83. The van der Waals surface area contributed by atoms with Gasteiger partial charge in [0, 0.05) is 17.8 Å². The lowest BCUT2D eigenvalue weighted by molar-refractivity contribution is 0.829. The van der Waals surface area contributed by atoms with E-state index in [2.05, 4.69) is 15.1 Å². The fraction of sp³-hybridized carbons (Fsp3) is 0.0714. The molecule has 2 aromatic heterocycles. The van der Waals surface area contributed by atoms with E-state index in [1.165, 1.54) is 0 Å². The van der Waals surface area contributed by atoms with E-state index >= 15 is 0 Å². The quantitative estimate of drug-likeness (QED) is 0.758. The second kappa shape index (κ2) is 4.53. The Labute approximate surface area is 110 Å². The van der Waals surface area contributed by atoms with Crippen LogP contribution in [0.3, 0.4) is 0 Å². The van der Waals surface area contributed by atoms with Crippen LogP contribution in [0.4, 0.5) is 5.82 Å². The van der Waals surface area contributed by atoms with Gasteiger partial charge < -0.3 is 5.73 Å². The van der Waals surface area contributed by atoms with Gasteiger partial charge in [0.2, 0.25) is 0 Å². The third-order valence-electron chi connectivity index (χ3n) is 2.72. The molecule has 2 heterocycles. The molecule has 2 N–H and O–H groups in total. The van der Waals surface area contributed by atoms with Gasteiger partial charge >= 0.3 is 0 Å². The molecule has 0 radical (unpaired) electrons. The second-order valence-electron chi connectivity index (χ2n) is 4.24. The Balaban J connectivity index is 2.11. The second-order valence-corrected chi connectivity index (χ2v) is 4.24. The van der Waals surface area contributed by atoms with Gasteiger partial charge in [0.25, 0.3) is 0 Å². The van der Waals surface area contributed by atoms with Crippen LogP contribution in [0.5, 0.6) is 0 Å². The number of aromatic nitrogens is 4. The summed E-state index contributed by atoms with van der Waals surface area (Å²) in [6, 6.07) is 13.4. The Morgan fingerprint density at radius 3 is 2.53 bits per heavy atom. The average molecular weight is 251 g/mol. The van der Waals surface area contributed by atoms with Crippen molar-refractivity contribution < 1.29 is 0 Å². The van der Waals surface area contributed by atoms with Crippen LogP contribution in [-0.2, 0) is 0 Å². The van der Waals surface area contributed by atoms with Crippen molar-refractivity contribution in [1.29, 1.82) is 0 Å². The summed E-state index contributed by atoms with van der Waals surface area (Å²) in [4.78, 5) is 8.76. The van der Waals surface area contributed by atoms with E-state index in [1.807, 2.05) is 49.5 Å². The molecular formula is C14H13N5. The van der Waals surface area contributed by atoms with Crippen LogP contribution in [0.1, 0.15) is 5.69 Å². The maximum Gasteiger partial charge on any atom is 0.163 e. The summed E-state index contributed by atoms with van der Waals surface area (Å²) in [5, 5.41) is 4.33. The highest BCUT2D eigenvalue weighted by molar-refractivity contribution is 5.58. The molecule has 5 nitrogen and oxygen atoms in total. The number of hydrogen-bond donors (Lipinski definition) is 1. The Morgan fingerprint density at radius 1 is 1.05 bits per heavy atom. The third kappa shape index (κ3) is 2.30. The first-order chi connectivity index (χ1) is 9.22. The van der Waals surface area contributed by atoms with Crippen LogP contribution in [0.15, 0.2) is 48.7 Å². The summed E-state index contributed by atoms with van der Waals surface area (Å²) in [5.74, 6) is 1.69. The normalized spacial score (nSPS) is 10.6. The number of benzene rings is 1. The summed E-state index contributed by atoms with van der Waals surface area (Å²) in [7, 11) is 0. The van der Waals surface area contributed by atoms with Gasteiger partial charge in [0.1, 0.15) is 5.82 Å². The molecule has 0 aliphatic rings. The van der Waals surface area contributed by atoms with Gasteiger partial charge in [-0.3, -0.25) is 0 Å². The molecule has 94 valence electrons. The minimum atomic E-state index is 0.428. The Bertz CT molecular complexity index is 703. The monoisotopic (exact) mass is 251 g/mol. The van der Waals surface area contributed by atoms with E-state index in [4.69, 9.17) is 5.73 Å². The number of nitrogens with two attached hydrogens (primary N) is 1. The zero-order chi connectivity index (χ0) is 13.2. The van der Waals surface area contributed by atoms with Crippen molar-refractivity contribution in [2.75, 3.05) is 5.73 Å². The fourth-order valence-electron chi connectivity index (χ4n) is 1.83. The molecule has 0 saturated carbocycles. The number of rotatable bonds is 2. The van der Waals surface area contributed by atoms with Gasteiger partial charge in [-0.05, 0) is 13.0 Å². The SMILES string of the molecule is Cc1ccn(-c2cc(N)nc(-c3ccccc3)n2)n1. The molecular weight excluding hydrogens is 238 g/mol. The van der Waals surface area contributed by atoms with Crippen molar-refractivity contribution in [3.05, 3.63) is 54.4 Å². The zero-order valence-corrected chi connectivity index (χ0v) is 10.5. The number of nitrogen functional groups attached to an aromatic ring is 1. The maximum atomic E-state index is 5.85. The largest absolute Gasteiger partial charge is 0.384 e. The summed E-state index contributed by atoms with van der Waals surface area (Å²) < 4.78 is 1.69. The molecule has 0 aliphatic carbocycles. The van der Waals surface area contributed by atoms with Crippen molar-refractivity contribution >= 4 is 5.82 Å². The van der Waals surface area contributed by atoms with E-state index in [0.29, 0.717) is 17.5 Å². The minimum absolute atomic E-state index is 0.428. The molecule has 0 saturated heterocycles. The van der Waals surface area contributed by atoms with Crippen LogP contribution < -0.4 is 5.73 Å². The van der Waals surface area contributed by atoms with Gasteiger partial charge in [-0.25, -0.2) is 14.6 Å². The van der Waals surface area contributed by atoms with E-state index < -0.39 is 0 Å². The van der Waals surface area contributed by atoms with Crippen molar-refractivity contribution in [1.82, 2.24) is 19.7 Å². The van der Waals surface area contributed by atoms with Crippen LogP contribution in [0.2, 0.25) is 0 Å². The summed E-state index contributed by atoms with van der Waals surface area (Å²) in [6.07, 6.45) is 1.85. The number of aryl methyl sites for hydroxylation is 1. The predicted molar refractivity (Wildman–Crippen MR) is 73.7 cm³/mol. The number of nitrogens with zero attached hydrogens (tertiary/aromatic N) is 4. The number of anilines is 1. The predicted octanol–water partition coefficient (Wildman–Crippen LogP) is 2.22. The smallest absolute Gasteiger partial charge is 0.163 e. The van der Waals surface area contributed by atoms with Crippen molar-refractivity contribution in [3.8, 4) is 17.2 Å². The highest BCUT2D eigenvalue weighted by Crippen LogP contribution is 2.17. The molecule has 0 spiro atoms. The Hall–Kier alpha value is -2.69. The van der Waals surface area contributed by atoms with Crippen molar-refractivity contribution in [3.63, 3.8) is 0 Å². The first-order valence-electron chi connectivity index (χ1n) is 5.95. The topological polar surface area (TPSA) is 69.6 Å². The molecule has 0 atom stereocenters. The van der Waals surface area contributed by atoms with Crippen LogP contribution in [0, 0.1) is 6.92 Å². The third-order valence-corrected chi connectivity index (χ3v) is 2.72. The van der Waals surface area contributed by atoms with Crippen molar-refractivity contribution in [2.24, 2.45) is 0 Å². The summed E-state index contributed by atoms with van der Waals surface area (Å²) in [5.41, 5.74) is 7.71. The lowest BCUT2D eigenvalue weighted by Gasteiger charge is -2.05.